The largest absolute Gasteiger partial charge is 0.445 e. The van der Waals surface area contributed by atoms with Crippen molar-refractivity contribution in [2.75, 3.05) is 26.5 Å². The van der Waals surface area contributed by atoms with Crippen molar-refractivity contribution in [1.29, 1.82) is 0 Å². The molecule has 1 N–H and O–H groups in total. The molecular weight excluding hydrogens is 618 g/mol. The number of nitrogens with one attached hydrogen (secondary N) is 1. The molecule has 1 rings (SSSR count). The summed E-state index contributed by atoms with van der Waals surface area (Å²) >= 11 is 0. The van der Waals surface area contributed by atoms with Gasteiger partial charge in [0.05, 0.1) is 18.2 Å². The van der Waals surface area contributed by atoms with Gasteiger partial charge in [-0.05, 0) is 60.1 Å². The first-order valence-electron chi connectivity index (χ1n) is 18.5. The highest BCUT2D eigenvalue weighted by Crippen LogP contribution is 2.28. The van der Waals surface area contributed by atoms with Gasteiger partial charge in [-0.25, -0.2) is 4.79 Å². The Kier molecular flexibility index (Phi) is 19.2. The van der Waals surface area contributed by atoms with Gasteiger partial charge in [-0.15, -0.1) is 0 Å². The molecule has 9 nitrogen and oxygen atoms in total. The molecule has 0 saturated carbocycles. The van der Waals surface area contributed by atoms with E-state index < -0.39 is 18.1 Å². The first-order chi connectivity index (χ1) is 22.9. The first-order valence-corrected chi connectivity index (χ1v) is 18.5. The Morgan fingerprint density at radius 1 is 0.837 bits per heavy atom. The summed E-state index contributed by atoms with van der Waals surface area (Å²) in [6.07, 6.45) is 5.64. The number of carbonyl (C=O) groups excluding carboxylic acids is 4. The number of Topliss-reactive ketones (excluding diaryl/α,β-unsaturated/α-hetero) is 1. The minimum atomic E-state index is -0.745. The fraction of sp³-hybridized carbons (Fsp3) is 0.750. The topological polar surface area (TPSA) is 105 Å². The monoisotopic (exact) mass is 688 g/mol. The number of unbranched alkanes of at least 4 members (excludes halogenated alkanes) is 2. The van der Waals surface area contributed by atoms with Crippen LogP contribution in [0.1, 0.15) is 126 Å². The second kappa shape index (κ2) is 21.3. The summed E-state index contributed by atoms with van der Waals surface area (Å²) in [4.78, 5) is 56.5. The van der Waals surface area contributed by atoms with Crippen LogP contribution in [0.3, 0.4) is 0 Å². The molecular formula is C40H69N3O6. The molecule has 49 heavy (non-hydrogen) atoms. The highest BCUT2D eigenvalue weighted by molar-refractivity contribution is 5.92. The lowest BCUT2D eigenvalue weighted by molar-refractivity contribution is -0.145. The second-order valence-electron chi connectivity index (χ2n) is 15.7. The summed E-state index contributed by atoms with van der Waals surface area (Å²) in [7, 11) is 5.08. The molecule has 0 aliphatic heterocycles. The van der Waals surface area contributed by atoms with Gasteiger partial charge in [0.2, 0.25) is 11.8 Å². The van der Waals surface area contributed by atoms with Crippen LogP contribution >= 0.6 is 0 Å². The van der Waals surface area contributed by atoms with Crippen molar-refractivity contribution in [3.05, 3.63) is 29.8 Å². The maximum atomic E-state index is 13.9. The van der Waals surface area contributed by atoms with Crippen molar-refractivity contribution < 1.29 is 28.7 Å². The molecule has 3 amide bonds. The van der Waals surface area contributed by atoms with Gasteiger partial charge in [-0.1, -0.05) is 101 Å². The number of rotatable bonds is 21. The molecule has 0 bridgehead atoms. The predicted molar refractivity (Wildman–Crippen MR) is 199 cm³/mol. The summed E-state index contributed by atoms with van der Waals surface area (Å²) < 4.78 is 11.4. The molecule has 0 spiro atoms. The van der Waals surface area contributed by atoms with E-state index in [2.05, 4.69) is 46.9 Å². The average Bonchev–Trinajstić information content (AvgIpc) is 3.03. The van der Waals surface area contributed by atoms with Crippen molar-refractivity contribution in [3.63, 3.8) is 0 Å². The Balaban J connectivity index is 2.85. The quantitative estimate of drug-likeness (QED) is 0.130. The number of methoxy groups -OCH3 is 1. The van der Waals surface area contributed by atoms with Crippen LogP contribution in [0, 0.1) is 29.1 Å². The lowest BCUT2D eigenvalue weighted by atomic mass is 9.83. The van der Waals surface area contributed by atoms with E-state index in [0.29, 0.717) is 17.5 Å². The maximum Gasteiger partial charge on any atom is 0.410 e. The van der Waals surface area contributed by atoms with E-state index in [-0.39, 0.29) is 60.5 Å². The van der Waals surface area contributed by atoms with E-state index in [1.54, 1.807) is 31.2 Å². The number of carbonyl (C=O) groups is 4. The van der Waals surface area contributed by atoms with Crippen molar-refractivity contribution in [3.8, 4) is 0 Å². The van der Waals surface area contributed by atoms with Gasteiger partial charge >= 0.3 is 6.09 Å². The van der Waals surface area contributed by atoms with E-state index in [9.17, 15) is 19.2 Å². The van der Waals surface area contributed by atoms with Gasteiger partial charge in [0.15, 0.2) is 5.78 Å². The SMILES string of the molecule is CC[C@H](C)[C@@H]([C@@H](CC)OC)N(C)C(=O)[C@@H](CC(=O)[C@H](C(C)C)N(C)C(=O)OCc1ccc(NC(=O)CCCCCC(C)(C)C)cc1)C(C)C. The third-order valence-corrected chi connectivity index (χ3v) is 9.75. The molecule has 0 radical (unpaired) electrons. The van der Waals surface area contributed by atoms with E-state index in [4.69, 9.17) is 9.47 Å². The highest BCUT2D eigenvalue weighted by atomic mass is 16.6. The van der Waals surface area contributed by atoms with E-state index in [1.807, 2.05) is 46.9 Å². The van der Waals surface area contributed by atoms with E-state index >= 15 is 0 Å². The van der Waals surface area contributed by atoms with Crippen molar-refractivity contribution in [2.24, 2.45) is 29.1 Å². The van der Waals surface area contributed by atoms with Gasteiger partial charge in [-0.3, -0.25) is 14.4 Å². The maximum absolute atomic E-state index is 13.9. The number of amides is 3. The number of nitrogens with zero attached hydrogens (tertiary/aromatic N) is 2. The summed E-state index contributed by atoms with van der Waals surface area (Å²) in [6, 6.07) is 6.36. The number of ether oxygens (including phenoxy) is 2. The molecule has 5 atom stereocenters. The lowest BCUT2D eigenvalue weighted by Crippen LogP contribution is -2.52. The molecule has 0 fully saturated rings. The fourth-order valence-corrected chi connectivity index (χ4v) is 6.56. The van der Waals surface area contributed by atoms with Crippen LogP contribution < -0.4 is 5.32 Å². The Bertz CT molecular complexity index is 1160. The molecule has 0 heterocycles. The van der Waals surface area contributed by atoms with Gasteiger partial charge in [0.1, 0.15) is 6.61 Å². The molecule has 0 aliphatic carbocycles. The van der Waals surface area contributed by atoms with Crippen LogP contribution in [-0.4, -0.2) is 72.9 Å². The normalized spacial score (nSPS) is 14.9. The van der Waals surface area contributed by atoms with Crippen LogP contribution in [0.4, 0.5) is 10.5 Å². The molecule has 0 aromatic heterocycles. The number of likely N-dealkylation sites (N-methyl/N-ethyl adjacent to an activating group) is 2. The van der Waals surface area contributed by atoms with Crippen molar-refractivity contribution in [2.45, 2.75) is 145 Å². The second-order valence-corrected chi connectivity index (χ2v) is 15.7. The van der Waals surface area contributed by atoms with Crippen LogP contribution in [0.15, 0.2) is 24.3 Å². The zero-order chi connectivity index (χ0) is 37.5. The third kappa shape index (κ3) is 14.8. The molecule has 0 aliphatic rings. The molecule has 9 heteroatoms. The number of ketones is 1. The van der Waals surface area contributed by atoms with Crippen LogP contribution in [-0.2, 0) is 30.5 Å². The molecule has 1 aromatic carbocycles. The fourth-order valence-electron chi connectivity index (χ4n) is 6.56. The van der Waals surface area contributed by atoms with Crippen LogP contribution in [0.2, 0.25) is 0 Å². The van der Waals surface area contributed by atoms with Gasteiger partial charge < -0.3 is 24.6 Å². The standard InChI is InChI=1S/C40H69N3O6/c1-14-29(7)37(34(15-2)48-13)42(11)38(46)32(27(3)4)25-33(44)36(28(5)6)43(12)39(47)49-26-30-20-22-31(23-21-30)41-35(45)19-17-16-18-24-40(8,9)10/h20-23,27-29,32,34,36-37H,14-19,24-26H2,1-13H3,(H,41,45)/t29-,32-,34+,36-,37-/m0/s1. The highest BCUT2D eigenvalue weighted by Gasteiger charge is 2.39. The number of anilines is 1. The molecule has 1 aromatic rings. The number of hydrogen-bond donors (Lipinski definition) is 1. The summed E-state index contributed by atoms with van der Waals surface area (Å²) in [5.74, 6) is -0.815. The lowest BCUT2D eigenvalue weighted by Gasteiger charge is -2.40. The Morgan fingerprint density at radius 3 is 1.94 bits per heavy atom. The minimum absolute atomic E-state index is 0.00975. The number of benzene rings is 1. The Morgan fingerprint density at radius 2 is 1.45 bits per heavy atom. The molecule has 0 saturated heterocycles. The van der Waals surface area contributed by atoms with Crippen molar-refractivity contribution >= 4 is 29.4 Å². The van der Waals surface area contributed by atoms with Crippen molar-refractivity contribution in [1.82, 2.24) is 9.80 Å². The van der Waals surface area contributed by atoms with E-state index in [0.717, 1.165) is 44.1 Å². The first kappa shape index (κ1) is 44.1. The van der Waals surface area contributed by atoms with Gasteiger partial charge in [0, 0.05) is 45.7 Å². The smallest absolute Gasteiger partial charge is 0.410 e. The number of hydrogen-bond acceptors (Lipinski definition) is 6. The summed E-state index contributed by atoms with van der Waals surface area (Å²) in [5.41, 5.74) is 1.78. The summed E-state index contributed by atoms with van der Waals surface area (Å²) in [5, 5.41) is 2.94. The zero-order valence-electron chi connectivity index (χ0n) is 33.1. The Hall–Kier alpha value is -2.94. The van der Waals surface area contributed by atoms with Crippen LogP contribution in [0.25, 0.3) is 0 Å². The minimum Gasteiger partial charge on any atom is -0.445 e. The van der Waals surface area contributed by atoms with Crippen LogP contribution in [0.5, 0.6) is 0 Å². The summed E-state index contributed by atoms with van der Waals surface area (Å²) in [6.45, 7) is 20.7. The van der Waals surface area contributed by atoms with Gasteiger partial charge in [-0.2, -0.15) is 0 Å². The van der Waals surface area contributed by atoms with Gasteiger partial charge in [0.25, 0.3) is 0 Å². The molecule has 280 valence electrons. The van der Waals surface area contributed by atoms with E-state index in [1.165, 1.54) is 4.90 Å². The third-order valence-electron chi connectivity index (χ3n) is 9.75. The average molecular weight is 688 g/mol. The molecule has 0 unspecified atom stereocenters. The Labute approximate surface area is 298 Å². The predicted octanol–water partition coefficient (Wildman–Crippen LogP) is 8.74. The zero-order valence-corrected chi connectivity index (χ0v) is 33.1.